The van der Waals surface area contributed by atoms with Crippen LogP contribution in [0.4, 0.5) is 18.0 Å². The van der Waals surface area contributed by atoms with Crippen LogP contribution < -0.4 is 10.3 Å². The molecule has 1 fully saturated rings. The maximum atomic E-state index is 13.1. The average Bonchev–Trinajstić information content (AvgIpc) is 3.21. The standard InChI is InChI=1S/C27H27F3N4O4/c1-26(2,3)38-25(36)33-13-11-16(12-14-33)20-15-22(35)31-24-23-18(8-6-9-19(23)32-34(20)24)17-7-4-5-10-21(17)37-27(28,29)30/h4-10,15-16H,11-14H2,1-3H3,(H,31,35). The van der Waals surface area contributed by atoms with Gasteiger partial charge in [-0.15, -0.1) is 13.2 Å². The van der Waals surface area contributed by atoms with Gasteiger partial charge in [-0.2, -0.15) is 5.10 Å². The third kappa shape index (κ3) is 5.18. The highest BCUT2D eigenvalue weighted by atomic mass is 19.4. The molecule has 2 aromatic carbocycles. The van der Waals surface area contributed by atoms with E-state index in [1.807, 2.05) is 20.8 Å². The highest BCUT2D eigenvalue weighted by Gasteiger charge is 2.33. The predicted octanol–water partition coefficient (Wildman–Crippen LogP) is 5.86. The maximum Gasteiger partial charge on any atom is 0.573 e. The van der Waals surface area contributed by atoms with Gasteiger partial charge in [0.15, 0.2) is 0 Å². The van der Waals surface area contributed by atoms with Crippen molar-refractivity contribution in [2.45, 2.75) is 51.5 Å². The zero-order valence-corrected chi connectivity index (χ0v) is 21.1. The Bertz CT molecular complexity index is 1560. The third-order valence-corrected chi connectivity index (χ3v) is 6.43. The number of benzene rings is 2. The number of alkyl halides is 3. The number of carbonyl (C=O) groups excluding carboxylic acids is 1. The van der Waals surface area contributed by atoms with Crippen LogP contribution in [-0.2, 0) is 4.74 Å². The van der Waals surface area contributed by atoms with Gasteiger partial charge in [0.2, 0.25) is 0 Å². The van der Waals surface area contributed by atoms with E-state index in [0.29, 0.717) is 53.7 Å². The molecule has 0 radical (unpaired) electrons. The van der Waals surface area contributed by atoms with Crippen molar-refractivity contribution in [1.29, 1.82) is 0 Å². The van der Waals surface area contributed by atoms with Crippen molar-refractivity contribution >= 4 is 22.6 Å². The number of nitrogens with zero attached hydrogens (tertiary/aromatic N) is 3. The Labute approximate surface area is 216 Å². The lowest BCUT2D eigenvalue weighted by atomic mass is 9.93. The topological polar surface area (TPSA) is 88.9 Å². The summed E-state index contributed by atoms with van der Waals surface area (Å²) in [5.41, 5.74) is 1.30. The number of amides is 1. The van der Waals surface area contributed by atoms with Crippen LogP contribution in [0.15, 0.2) is 53.3 Å². The average molecular weight is 529 g/mol. The van der Waals surface area contributed by atoms with E-state index in [1.54, 1.807) is 33.7 Å². The molecule has 1 saturated heterocycles. The molecule has 0 spiro atoms. The first kappa shape index (κ1) is 25.6. The monoisotopic (exact) mass is 528 g/mol. The summed E-state index contributed by atoms with van der Waals surface area (Å²) in [7, 11) is 0. The van der Waals surface area contributed by atoms with E-state index in [9.17, 15) is 22.8 Å². The Morgan fingerprint density at radius 1 is 1.03 bits per heavy atom. The molecule has 200 valence electrons. The lowest BCUT2D eigenvalue weighted by Gasteiger charge is -2.33. The van der Waals surface area contributed by atoms with Gasteiger partial charge < -0.3 is 19.4 Å². The molecule has 0 unspecified atom stereocenters. The van der Waals surface area contributed by atoms with Crippen molar-refractivity contribution in [3.63, 3.8) is 0 Å². The Morgan fingerprint density at radius 2 is 1.71 bits per heavy atom. The Balaban J connectivity index is 1.55. The second-order valence-electron chi connectivity index (χ2n) is 10.3. The number of hydrogen-bond donors (Lipinski definition) is 1. The van der Waals surface area contributed by atoms with E-state index in [1.165, 1.54) is 24.3 Å². The predicted molar refractivity (Wildman–Crippen MR) is 135 cm³/mol. The fourth-order valence-electron chi connectivity index (χ4n) is 4.89. The number of carbonyl (C=O) groups is 1. The molecule has 11 heteroatoms. The molecule has 1 aliphatic rings. The molecule has 0 saturated carbocycles. The molecular weight excluding hydrogens is 501 g/mol. The number of hydrogen-bond acceptors (Lipinski definition) is 5. The Hall–Kier alpha value is -4.02. The number of aromatic nitrogens is 3. The number of rotatable bonds is 3. The number of ether oxygens (including phenoxy) is 2. The number of aromatic amines is 1. The lowest BCUT2D eigenvalue weighted by Crippen LogP contribution is -2.41. The van der Waals surface area contributed by atoms with Crippen LogP contribution in [0, 0.1) is 0 Å². The van der Waals surface area contributed by atoms with Crippen molar-refractivity contribution < 1.29 is 27.4 Å². The minimum absolute atomic E-state index is 0.0582. The first-order valence-corrected chi connectivity index (χ1v) is 12.3. The SMILES string of the molecule is CC(C)(C)OC(=O)N1CCC(c2cc(=O)[nH]c3c4c(-c5ccccc5OC(F)(F)F)cccc4nn23)CC1. The number of halogens is 3. The molecule has 1 N–H and O–H groups in total. The van der Waals surface area contributed by atoms with E-state index >= 15 is 0 Å². The number of fused-ring (bicyclic) bond motifs is 3. The summed E-state index contributed by atoms with van der Waals surface area (Å²) in [5, 5.41) is 5.21. The zero-order chi connectivity index (χ0) is 27.2. The van der Waals surface area contributed by atoms with E-state index < -0.39 is 12.0 Å². The van der Waals surface area contributed by atoms with E-state index in [0.717, 1.165) is 0 Å². The van der Waals surface area contributed by atoms with Gasteiger partial charge in [0, 0.05) is 30.6 Å². The summed E-state index contributed by atoms with van der Waals surface area (Å²) in [6.45, 7) is 6.36. The lowest BCUT2D eigenvalue weighted by molar-refractivity contribution is -0.274. The first-order valence-electron chi connectivity index (χ1n) is 12.3. The van der Waals surface area contributed by atoms with Gasteiger partial charge in [-0.25, -0.2) is 9.31 Å². The Kier molecular flexibility index (Phi) is 6.32. The normalized spacial score (nSPS) is 15.3. The molecule has 8 nitrogen and oxygen atoms in total. The number of nitrogens with one attached hydrogen (secondary N) is 1. The molecule has 0 aliphatic carbocycles. The molecule has 4 aromatic rings. The number of para-hydroxylation sites is 1. The second-order valence-corrected chi connectivity index (χ2v) is 10.3. The van der Waals surface area contributed by atoms with Gasteiger partial charge in [0.1, 0.15) is 17.0 Å². The van der Waals surface area contributed by atoms with Gasteiger partial charge in [-0.05, 0) is 51.3 Å². The smallest absolute Gasteiger partial charge is 0.444 e. The van der Waals surface area contributed by atoms with E-state index in [-0.39, 0.29) is 28.9 Å². The molecule has 5 rings (SSSR count). The number of H-pyrrole nitrogens is 1. The van der Waals surface area contributed by atoms with Gasteiger partial charge in [-0.3, -0.25) is 4.79 Å². The zero-order valence-electron chi connectivity index (χ0n) is 21.1. The van der Waals surface area contributed by atoms with Crippen molar-refractivity contribution in [3.05, 3.63) is 64.6 Å². The fraction of sp³-hybridized carbons (Fsp3) is 0.370. The molecule has 1 amide bonds. The van der Waals surface area contributed by atoms with Gasteiger partial charge in [0.25, 0.3) is 5.56 Å². The quantitative estimate of drug-likeness (QED) is 0.360. The molecule has 38 heavy (non-hydrogen) atoms. The van der Waals surface area contributed by atoms with E-state index in [4.69, 9.17) is 9.84 Å². The van der Waals surface area contributed by atoms with Crippen LogP contribution in [0.25, 0.3) is 27.7 Å². The van der Waals surface area contributed by atoms with Crippen molar-refractivity contribution in [1.82, 2.24) is 19.5 Å². The third-order valence-electron chi connectivity index (χ3n) is 6.43. The van der Waals surface area contributed by atoms with E-state index in [2.05, 4.69) is 9.72 Å². The molecule has 2 aromatic heterocycles. The largest absolute Gasteiger partial charge is 0.573 e. The highest BCUT2D eigenvalue weighted by molar-refractivity contribution is 6.04. The van der Waals surface area contributed by atoms with Gasteiger partial charge in [-0.1, -0.05) is 30.3 Å². The fourth-order valence-corrected chi connectivity index (χ4v) is 4.89. The minimum Gasteiger partial charge on any atom is -0.444 e. The number of likely N-dealkylation sites (tertiary alicyclic amines) is 1. The molecule has 0 atom stereocenters. The minimum atomic E-state index is -4.86. The maximum absolute atomic E-state index is 13.1. The van der Waals surface area contributed by atoms with Crippen molar-refractivity contribution in [2.24, 2.45) is 0 Å². The van der Waals surface area contributed by atoms with Crippen LogP contribution in [0.1, 0.15) is 45.2 Å². The van der Waals surface area contributed by atoms with Crippen LogP contribution >= 0.6 is 0 Å². The summed E-state index contributed by atoms with van der Waals surface area (Å²) < 4.78 is 50.7. The van der Waals surface area contributed by atoms with Gasteiger partial charge in [0.05, 0.1) is 16.6 Å². The second kappa shape index (κ2) is 9.38. The first-order chi connectivity index (χ1) is 17.9. The summed E-state index contributed by atoms with van der Waals surface area (Å²) >= 11 is 0. The summed E-state index contributed by atoms with van der Waals surface area (Å²) in [4.78, 5) is 29.7. The molecule has 1 aliphatic heterocycles. The van der Waals surface area contributed by atoms with Crippen LogP contribution in [0.2, 0.25) is 0 Å². The van der Waals surface area contributed by atoms with Crippen molar-refractivity contribution in [3.8, 4) is 16.9 Å². The Morgan fingerprint density at radius 3 is 2.39 bits per heavy atom. The highest BCUT2D eigenvalue weighted by Crippen LogP contribution is 2.39. The summed E-state index contributed by atoms with van der Waals surface area (Å²) in [5.74, 6) is -0.406. The molecule has 0 bridgehead atoms. The molecule has 3 heterocycles. The van der Waals surface area contributed by atoms with Gasteiger partial charge >= 0.3 is 12.5 Å². The summed E-state index contributed by atoms with van der Waals surface area (Å²) in [6.07, 6.45) is -4.03. The summed E-state index contributed by atoms with van der Waals surface area (Å²) in [6, 6.07) is 12.5. The number of piperidine rings is 1. The van der Waals surface area contributed by atoms with Crippen LogP contribution in [-0.4, -0.2) is 50.6 Å². The van der Waals surface area contributed by atoms with Crippen LogP contribution in [0.5, 0.6) is 5.75 Å². The van der Waals surface area contributed by atoms with Crippen LogP contribution in [0.3, 0.4) is 0 Å². The van der Waals surface area contributed by atoms with Crippen molar-refractivity contribution in [2.75, 3.05) is 13.1 Å². The molecular formula is C27H27F3N4O4.